The molecule has 1 N–H and O–H groups in total. The molecule has 180 valence electrons. The molecule has 9 heteroatoms. The van der Waals surface area contributed by atoms with Crippen LogP contribution in [0.5, 0.6) is 0 Å². The van der Waals surface area contributed by atoms with Gasteiger partial charge in [0, 0.05) is 18.7 Å². The molecular formula is C25H26F3N3O3. The Hall–Kier alpha value is -3.36. The molecule has 0 saturated heterocycles. The highest BCUT2D eigenvalue weighted by Crippen LogP contribution is 2.30. The van der Waals surface area contributed by atoms with Crippen LogP contribution >= 0.6 is 0 Å². The van der Waals surface area contributed by atoms with Gasteiger partial charge in [0.2, 0.25) is 0 Å². The van der Waals surface area contributed by atoms with E-state index in [0.717, 1.165) is 43.4 Å². The van der Waals surface area contributed by atoms with Crippen molar-refractivity contribution in [2.45, 2.75) is 50.7 Å². The average Bonchev–Trinajstić information content (AvgIpc) is 3.25. The molecule has 4 rings (SSSR count). The molecule has 34 heavy (non-hydrogen) atoms. The smallest absolute Gasteiger partial charge is 0.416 e. The summed E-state index contributed by atoms with van der Waals surface area (Å²) < 4.78 is 44.9. The average molecular weight is 473 g/mol. The van der Waals surface area contributed by atoms with Crippen LogP contribution in [0.2, 0.25) is 0 Å². The van der Waals surface area contributed by atoms with E-state index in [2.05, 4.69) is 10.4 Å². The fourth-order valence-electron chi connectivity index (χ4n) is 4.55. The van der Waals surface area contributed by atoms with Crippen molar-refractivity contribution >= 4 is 17.4 Å². The Morgan fingerprint density at radius 3 is 2.47 bits per heavy atom. The molecule has 1 aromatic carbocycles. The second kappa shape index (κ2) is 9.87. The number of pyridine rings is 1. The summed E-state index contributed by atoms with van der Waals surface area (Å²) in [4.78, 5) is 24.6. The lowest BCUT2D eigenvalue weighted by atomic mass is 9.84. The Kier molecular flexibility index (Phi) is 6.90. The van der Waals surface area contributed by atoms with Crippen LogP contribution in [0.1, 0.15) is 59.2 Å². The Balaban J connectivity index is 1.47. The summed E-state index contributed by atoms with van der Waals surface area (Å²) in [6, 6.07) is 8.70. The van der Waals surface area contributed by atoms with E-state index in [-0.39, 0.29) is 23.8 Å². The molecule has 0 spiro atoms. The zero-order valence-corrected chi connectivity index (χ0v) is 18.8. The molecule has 0 unspecified atom stereocenters. The molecule has 3 aromatic rings. The van der Waals surface area contributed by atoms with Crippen molar-refractivity contribution in [1.29, 1.82) is 0 Å². The summed E-state index contributed by atoms with van der Waals surface area (Å²) in [7, 11) is 1.39. The number of hydrogen-bond acceptors (Lipinski definition) is 4. The molecule has 1 aliphatic rings. The fourth-order valence-corrected chi connectivity index (χ4v) is 4.55. The van der Waals surface area contributed by atoms with E-state index in [1.54, 1.807) is 16.8 Å². The first-order chi connectivity index (χ1) is 16.2. The Bertz CT molecular complexity index is 1160. The van der Waals surface area contributed by atoms with Gasteiger partial charge in [-0.3, -0.25) is 9.59 Å². The SMILES string of the molecule is COC(=O)CC1CCC(NC(=O)c2cnn3cccc(Cc4ccc(C(F)(F)F)cc4)c23)CC1. The molecule has 2 aromatic heterocycles. The first-order valence-electron chi connectivity index (χ1n) is 11.2. The van der Waals surface area contributed by atoms with Crippen molar-refractivity contribution in [3.05, 3.63) is 71.0 Å². The highest BCUT2D eigenvalue weighted by Gasteiger charge is 2.30. The second-order valence-electron chi connectivity index (χ2n) is 8.73. The Morgan fingerprint density at radius 1 is 1.12 bits per heavy atom. The van der Waals surface area contributed by atoms with Crippen molar-refractivity contribution < 1.29 is 27.5 Å². The number of benzene rings is 1. The normalized spacial score (nSPS) is 18.6. The minimum Gasteiger partial charge on any atom is -0.469 e. The molecule has 0 bridgehead atoms. The number of alkyl halides is 3. The molecular weight excluding hydrogens is 447 g/mol. The van der Waals surface area contributed by atoms with Gasteiger partial charge in [-0.2, -0.15) is 18.3 Å². The first-order valence-corrected chi connectivity index (χ1v) is 11.2. The van der Waals surface area contributed by atoms with Gasteiger partial charge in [0.15, 0.2) is 0 Å². The summed E-state index contributed by atoms with van der Waals surface area (Å²) in [5.74, 6) is -0.168. The van der Waals surface area contributed by atoms with Gasteiger partial charge in [-0.25, -0.2) is 4.52 Å². The number of aromatic nitrogens is 2. The quantitative estimate of drug-likeness (QED) is 0.523. The molecule has 0 aliphatic heterocycles. The van der Waals surface area contributed by atoms with Crippen LogP contribution in [0.15, 0.2) is 48.8 Å². The van der Waals surface area contributed by atoms with Crippen LogP contribution in [0, 0.1) is 5.92 Å². The van der Waals surface area contributed by atoms with Crippen LogP contribution in [0.25, 0.3) is 5.52 Å². The van der Waals surface area contributed by atoms with E-state index in [1.807, 2.05) is 6.07 Å². The van der Waals surface area contributed by atoms with E-state index in [4.69, 9.17) is 4.74 Å². The van der Waals surface area contributed by atoms with Crippen LogP contribution in [0.3, 0.4) is 0 Å². The number of nitrogens with zero attached hydrogens (tertiary/aromatic N) is 2. The summed E-state index contributed by atoms with van der Waals surface area (Å²) in [6.45, 7) is 0. The van der Waals surface area contributed by atoms with E-state index < -0.39 is 11.7 Å². The fraction of sp³-hybridized carbons (Fsp3) is 0.400. The lowest BCUT2D eigenvalue weighted by molar-refractivity contribution is -0.142. The maximum atomic E-state index is 13.1. The molecule has 1 fully saturated rings. The number of nitrogens with one attached hydrogen (secondary N) is 1. The highest BCUT2D eigenvalue weighted by atomic mass is 19.4. The number of ether oxygens (including phenoxy) is 1. The van der Waals surface area contributed by atoms with E-state index in [0.29, 0.717) is 29.5 Å². The van der Waals surface area contributed by atoms with Crippen LogP contribution in [0.4, 0.5) is 13.2 Å². The van der Waals surface area contributed by atoms with E-state index >= 15 is 0 Å². The number of methoxy groups -OCH3 is 1. The monoisotopic (exact) mass is 473 g/mol. The lowest BCUT2D eigenvalue weighted by Crippen LogP contribution is -2.38. The topological polar surface area (TPSA) is 72.7 Å². The molecule has 0 radical (unpaired) electrons. The number of fused-ring (bicyclic) bond motifs is 1. The number of rotatable bonds is 6. The molecule has 2 heterocycles. The van der Waals surface area contributed by atoms with E-state index in [1.165, 1.54) is 25.4 Å². The van der Waals surface area contributed by atoms with Gasteiger partial charge in [0.05, 0.1) is 30.0 Å². The largest absolute Gasteiger partial charge is 0.469 e. The highest BCUT2D eigenvalue weighted by molar-refractivity contribution is 6.01. The van der Waals surface area contributed by atoms with Crippen LogP contribution < -0.4 is 5.32 Å². The third-order valence-corrected chi connectivity index (χ3v) is 6.41. The van der Waals surface area contributed by atoms with Gasteiger partial charge in [0.25, 0.3) is 5.91 Å². The minimum atomic E-state index is -4.38. The summed E-state index contributed by atoms with van der Waals surface area (Å²) in [5.41, 5.74) is 1.88. The second-order valence-corrected chi connectivity index (χ2v) is 8.73. The maximum Gasteiger partial charge on any atom is 0.416 e. The third-order valence-electron chi connectivity index (χ3n) is 6.41. The van der Waals surface area contributed by atoms with Gasteiger partial charge in [-0.05, 0) is 67.3 Å². The van der Waals surface area contributed by atoms with Crippen molar-refractivity contribution in [2.75, 3.05) is 7.11 Å². The molecule has 1 aliphatic carbocycles. The van der Waals surface area contributed by atoms with Crippen LogP contribution in [-0.4, -0.2) is 34.6 Å². The predicted octanol–water partition coefficient (Wildman–Crippen LogP) is 4.80. The van der Waals surface area contributed by atoms with E-state index in [9.17, 15) is 22.8 Å². The molecule has 0 atom stereocenters. The summed E-state index contributed by atoms with van der Waals surface area (Å²) >= 11 is 0. The third kappa shape index (κ3) is 5.40. The number of carbonyl (C=O) groups excluding carboxylic acids is 2. The lowest BCUT2D eigenvalue weighted by Gasteiger charge is -2.28. The standard InChI is InChI=1S/C25H26F3N3O3/c1-34-22(32)14-17-6-10-20(11-7-17)30-24(33)21-15-29-31-12-2-3-18(23(21)31)13-16-4-8-19(9-5-16)25(26,27)28/h2-5,8-9,12,15,17,20H,6-7,10-11,13-14H2,1H3,(H,30,33). The van der Waals surface area contributed by atoms with Gasteiger partial charge in [-0.1, -0.05) is 18.2 Å². The summed E-state index contributed by atoms with van der Waals surface area (Å²) in [6.07, 6.45) is 2.89. The van der Waals surface area contributed by atoms with Gasteiger partial charge in [-0.15, -0.1) is 0 Å². The number of carbonyl (C=O) groups is 2. The summed E-state index contributed by atoms with van der Waals surface area (Å²) in [5, 5.41) is 7.37. The number of halogens is 3. The van der Waals surface area contributed by atoms with Crippen LogP contribution in [-0.2, 0) is 22.1 Å². The molecule has 1 saturated carbocycles. The zero-order valence-electron chi connectivity index (χ0n) is 18.8. The zero-order chi connectivity index (χ0) is 24.3. The van der Waals surface area contributed by atoms with Crippen molar-refractivity contribution in [3.8, 4) is 0 Å². The number of amides is 1. The Labute approximate surface area is 195 Å². The van der Waals surface area contributed by atoms with Crippen molar-refractivity contribution in [1.82, 2.24) is 14.9 Å². The van der Waals surface area contributed by atoms with Gasteiger partial charge < -0.3 is 10.1 Å². The predicted molar refractivity (Wildman–Crippen MR) is 119 cm³/mol. The number of esters is 1. The molecule has 1 amide bonds. The van der Waals surface area contributed by atoms with Crippen molar-refractivity contribution in [3.63, 3.8) is 0 Å². The first kappa shape index (κ1) is 23.8. The van der Waals surface area contributed by atoms with Crippen molar-refractivity contribution in [2.24, 2.45) is 5.92 Å². The minimum absolute atomic E-state index is 0.0124. The Morgan fingerprint density at radius 2 is 1.82 bits per heavy atom. The maximum absolute atomic E-state index is 13.1. The number of hydrogen-bond donors (Lipinski definition) is 1. The van der Waals surface area contributed by atoms with Gasteiger partial charge >= 0.3 is 12.1 Å². The van der Waals surface area contributed by atoms with Gasteiger partial charge in [0.1, 0.15) is 0 Å². The molecule has 6 nitrogen and oxygen atoms in total.